The van der Waals surface area contributed by atoms with Gasteiger partial charge in [0.1, 0.15) is 25.5 Å². The summed E-state index contributed by atoms with van der Waals surface area (Å²) >= 11 is 0. The zero-order valence-corrected chi connectivity index (χ0v) is 38.5. The van der Waals surface area contributed by atoms with Gasteiger partial charge in [0.05, 0.1) is 43.4 Å². The van der Waals surface area contributed by atoms with Crippen molar-refractivity contribution in [1.29, 1.82) is 0 Å². The van der Waals surface area contributed by atoms with Crippen LogP contribution in [0.1, 0.15) is 53.6 Å². The quantitative estimate of drug-likeness (QED) is 0.111. The predicted molar refractivity (Wildman–Crippen MR) is 245 cm³/mol. The maximum absolute atomic E-state index is 13.0. The van der Waals surface area contributed by atoms with Crippen molar-refractivity contribution in [2.24, 2.45) is 5.73 Å². The molecule has 1 aliphatic rings. The molecule has 6 aromatic heterocycles. The molecule has 0 unspecified atom stereocenters. The third-order valence-electron chi connectivity index (χ3n) is 9.37. The number of carbonyl (C=O) groups excluding carboxylic acids is 3. The largest absolute Gasteiger partial charge is 0.465 e. The minimum Gasteiger partial charge on any atom is -0.465 e. The summed E-state index contributed by atoms with van der Waals surface area (Å²) in [5, 5.41) is 5.87. The molecular formula is C45H54N16O7. The molecule has 0 spiro atoms. The fraction of sp³-hybridized carbons (Fsp3) is 0.333. The fourth-order valence-corrected chi connectivity index (χ4v) is 6.39. The third-order valence-corrected chi connectivity index (χ3v) is 9.37. The molecule has 68 heavy (non-hydrogen) atoms. The molecular weight excluding hydrogens is 877 g/mol. The zero-order valence-electron chi connectivity index (χ0n) is 38.5. The number of urea groups is 1. The lowest BCUT2D eigenvalue weighted by Gasteiger charge is -2.22. The van der Waals surface area contributed by atoms with Crippen LogP contribution in [0.4, 0.5) is 4.79 Å². The number of amides is 2. The van der Waals surface area contributed by atoms with Crippen LogP contribution in [0.5, 0.6) is 11.5 Å². The standard InChI is InChI=1S/C23H26N6O5.C13H17N5O2.C9H11N5/c1-3-32-21(30)13-29(12-18-10-16(2)26-22(27-18)28-9-8-24-14-28)23(31)25-7-6-17-4-5-19-20(11-17)34-15-33-19;1-3-20-12(19)8-15-7-11-6-10(2)16-13(17-11)18-5-4-14-9-18;1-7-4-8(5-10)13-9(12-7)14-3-2-11-6-14/h4-5,8-11,14H,3,6-7,12-13,15H2,1-2H3,(H,25,31);4-6,9,15H,3,7-8H2,1-2H3;2-4,6H,5,10H2,1H3. The van der Waals surface area contributed by atoms with Gasteiger partial charge >= 0.3 is 18.0 Å². The van der Waals surface area contributed by atoms with Crippen molar-refractivity contribution in [3.8, 4) is 29.3 Å². The lowest BCUT2D eigenvalue weighted by molar-refractivity contribution is -0.144. The number of aromatic nitrogens is 12. The van der Waals surface area contributed by atoms with Crippen LogP contribution < -0.4 is 25.8 Å². The normalized spacial score (nSPS) is 11.1. The van der Waals surface area contributed by atoms with Crippen molar-refractivity contribution in [2.75, 3.05) is 39.6 Å². The molecule has 1 aliphatic heterocycles. The summed E-state index contributed by atoms with van der Waals surface area (Å²) in [5.74, 6) is 2.26. The summed E-state index contributed by atoms with van der Waals surface area (Å²) in [4.78, 5) is 75.9. The number of benzene rings is 1. The molecule has 1 aromatic carbocycles. The third kappa shape index (κ3) is 14.9. The highest BCUT2D eigenvalue weighted by atomic mass is 16.7. The van der Waals surface area contributed by atoms with Crippen molar-refractivity contribution < 1.29 is 33.3 Å². The monoisotopic (exact) mass is 930 g/mol. The molecule has 4 N–H and O–H groups in total. The SMILES string of the molecule is CCOC(=O)CN(Cc1cc(C)nc(-n2ccnc2)n1)C(=O)NCCc1ccc2c(c1)OCO2.CCOC(=O)CNCc1cc(C)nc(-n2ccnc2)n1.Cc1cc(CN)nc(-n2ccnc2)n1. The van der Waals surface area contributed by atoms with E-state index < -0.39 is 12.0 Å². The first-order valence-electron chi connectivity index (χ1n) is 21.6. The Balaban J connectivity index is 0.000000188. The van der Waals surface area contributed by atoms with Crippen LogP contribution >= 0.6 is 0 Å². The maximum Gasteiger partial charge on any atom is 0.325 e. The topological polar surface area (TPSA) is 272 Å². The van der Waals surface area contributed by atoms with Crippen molar-refractivity contribution in [1.82, 2.24) is 74.1 Å². The molecule has 0 saturated carbocycles. The first-order valence-corrected chi connectivity index (χ1v) is 21.6. The fourth-order valence-electron chi connectivity index (χ4n) is 6.39. The van der Waals surface area contributed by atoms with E-state index in [4.69, 9.17) is 24.7 Å². The van der Waals surface area contributed by atoms with Gasteiger partial charge in [0.25, 0.3) is 0 Å². The second kappa shape index (κ2) is 24.9. The number of esters is 2. The predicted octanol–water partition coefficient (Wildman–Crippen LogP) is 3.07. The minimum absolute atomic E-state index is 0.111. The van der Waals surface area contributed by atoms with Gasteiger partial charge in [-0.2, -0.15) is 0 Å². The molecule has 0 saturated heterocycles. The van der Waals surface area contributed by atoms with Gasteiger partial charge in [-0.25, -0.2) is 49.7 Å². The van der Waals surface area contributed by atoms with E-state index in [1.807, 2.05) is 51.1 Å². The molecule has 0 aliphatic carbocycles. The highest BCUT2D eigenvalue weighted by Crippen LogP contribution is 2.32. The van der Waals surface area contributed by atoms with Gasteiger partial charge in [-0.3, -0.25) is 23.3 Å². The number of nitrogens with one attached hydrogen (secondary N) is 2. The summed E-state index contributed by atoms with van der Waals surface area (Å²) in [5.41, 5.74) is 11.3. The number of nitrogens with two attached hydrogens (primary N) is 1. The molecule has 7 heterocycles. The Hall–Kier alpha value is -8.18. The van der Waals surface area contributed by atoms with Crippen LogP contribution in [0.15, 0.2) is 92.6 Å². The Kier molecular flexibility index (Phi) is 18.1. The summed E-state index contributed by atoms with van der Waals surface area (Å²) in [6.45, 7) is 11.3. The lowest BCUT2D eigenvalue weighted by Crippen LogP contribution is -2.43. The maximum atomic E-state index is 13.0. The van der Waals surface area contributed by atoms with E-state index in [0.29, 0.717) is 67.7 Å². The number of hydrogen-bond acceptors (Lipinski definition) is 18. The molecule has 8 rings (SSSR count). The highest BCUT2D eigenvalue weighted by molar-refractivity contribution is 5.81. The second-order valence-electron chi connectivity index (χ2n) is 14.8. The molecule has 2 amide bonds. The lowest BCUT2D eigenvalue weighted by atomic mass is 10.1. The Morgan fingerprint density at radius 3 is 1.78 bits per heavy atom. The van der Waals surface area contributed by atoms with E-state index in [1.54, 1.807) is 89.8 Å². The molecule has 0 atom stereocenters. The average molecular weight is 931 g/mol. The minimum atomic E-state index is -0.492. The van der Waals surface area contributed by atoms with E-state index in [1.165, 1.54) is 4.90 Å². The number of nitrogens with zero attached hydrogens (tertiary/aromatic N) is 13. The Morgan fingerprint density at radius 2 is 1.22 bits per heavy atom. The van der Waals surface area contributed by atoms with Gasteiger partial charge in [0.2, 0.25) is 24.6 Å². The summed E-state index contributed by atoms with van der Waals surface area (Å²) in [6.07, 6.45) is 15.8. The number of carbonyl (C=O) groups is 3. The van der Waals surface area contributed by atoms with E-state index >= 15 is 0 Å². The van der Waals surface area contributed by atoms with Crippen molar-refractivity contribution >= 4 is 18.0 Å². The smallest absolute Gasteiger partial charge is 0.325 e. The van der Waals surface area contributed by atoms with Crippen molar-refractivity contribution in [3.05, 3.63) is 132 Å². The van der Waals surface area contributed by atoms with E-state index in [2.05, 4.69) is 55.5 Å². The van der Waals surface area contributed by atoms with E-state index in [0.717, 1.165) is 34.0 Å². The van der Waals surface area contributed by atoms with Crippen LogP contribution in [-0.4, -0.2) is 121 Å². The summed E-state index contributed by atoms with van der Waals surface area (Å²) in [7, 11) is 0. The van der Waals surface area contributed by atoms with Crippen LogP contribution in [0.3, 0.4) is 0 Å². The van der Waals surface area contributed by atoms with Gasteiger partial charge in [0.15, 0.2) is 11.5 Å². The van der Waals surface area contributed by atoms with Crippen LogP contribution in [0.25, 0.3) is 17.8 Å². The van der Waals surface area contributed by atoms with Gasteiger partial charge in [-0.05, 0) is 76.9 Å². The molecule has 7 aromatic rings. The number of fused-ring (bicyclic) bond motifs is 1. The van der Waals surface area contributed by atoms with Gasteiger partial charge in [-0.1, -0.05) is 6.07 Å². The molecule has 0 fully saturated rings. The number of rotatable bonds is 17. The summed E-state index contributed by atoms with van der Waals surface area (Å²) < 4.78 is 25.8. The zero-order chi connectivity index (χ0) is 48.3. The number of ether oxygens (including phenoxy) is 4. The van der Waals surface area contributed by atoms with E-state index in [9.17, 15) is 14.4 Å². The Bertz CT molecular complexity index is 2700. The Morgan fingerprint density at radius 1 is 0.691 bits per heavy atom. The van der Waals surface area contributed by atoms with Crippen molar-refractivity contribution in [2.45, 2.75) is 60.7 Å². The molecule has 23 heteroatoms. The highest BCUT2D eigenvalue weighted by Gasteiger charge is 2.20. The first kappa shape index (κ1) is 49.3. The molecule has 23 nitrogen and oxygen atoms in total. The van der Waals surface area contributed by atoms with Gasteiger partial charge in [0, 0.05) is 73.9 Å². The molecule has 0 radical (unpaired) electrons. The Labute approximate surface area is 392 Å². The van der Waals surface area contributed by atoms with E-state index in [-0.39, 0.29) is 39.0 Å². The first-order chi connectivity index (χ1) is 33.0. The number of imidazole rings is 3. The summed E-state index contributed by atoms with van der Waals surface area (Å²) in [6, 6.07) is 10.8. The van der Waals surface area contributed by atoms with Crippen molar-refractivity contribution in [3.63, 3.8) is 0 Å². The van der Waals surface area contributed by atoms with Crippen LogP contribution in [0.2, 0.25) is 0 Å². The number of aryl methyl sites for hydroxylation is 3. The van der Waals surface area contributed by atoms with Crippen LogP contribution in [-0.2, 0) is 45.1 Å². The van der Waals surface area contributed by atoms with Gasteiger partial charge < -0.3 is 40.2 Å². The molecule has 0 bridgehead atoms. The van der Waals surface area contributed by atoms with Gasteiger partial charge in [-0.15, -0.1) is 0 Å². The number of hydrogen-bond donors (Lipinski definition) is 3. The second-order valence-corrected chi connectivity index (χ2v) is 14.8. The average Bonchev–Trinajstić information content (AvgIpc) is 4.18. The molecule has 356 valence electrons. The van der Waals surface area contributed by atoms with Crippen LogP contribution in [0, 0.1) is 20.8 Å².